The number of anilines is 3. The van der Waals surface area contributed by atoms with Gasteiger partial charge in [0.2, 0.25) is 0 Å². The summed E-state index contributed by atoms with van der Waals surface area (Å²) in [5.41, 5.74) is 1.34. The van der Waals surface area contributed by atoms with Crippen molar-refractivity contribution in [2.75, 3.05) is 37.5 Å². The molecule has 0 bridgehead atoms. The number of rotatable bonds is 6. The van der Waals surface area contributed by atoms with E-state index in [1.165, 1.54) is 7.11 Å². The Morgan fingerprint density at radius 1 is 1.31 bits per heavy atom. The van der Waals surface area contributed by atoms with E-state index < -0.39 is 11.9 Å². The molecule has 4 rings (SSSR count). The van der Waals surface area contributed by atoms with E-state index in [0.717, 1.165) is 13.0 Å². The van der Waals surface area contributed by atoms with E-state index in [0.29, 0.717) is 47.6 Å². The lowest BCUT2D eigenvalue weighted by Crippen LogP contribution is -2.39. The number of fused-ring (bicyclic) bond motifs is 1. The monoisotopic (exact) mass is 398 g/mol. The summed E-state index contributed by atoms with van der Waals surface area (Å²) in [7, 11) is 3.08. The maximum absolute atomic E-state index is 11.4. The van der Waals surface area contributed by atoms with Crippen LogP contribution in [0.15, 0.2) is 30.6 Å². The average molecular weight is 398 g/mol. The Morgan fingerprint density at radius 2 is 2.17 bits per heavy atom. The Bertz CT molecular complexity index is 1040. The number of ether oxygens (including phenoxy) is 2. The molecule has 1 atom stereocenters. The summed E-state index contributed by atoms with van der Waals surface area (Å²) in [5.74, 6) is 0.981. The highest BCUT2D eigenvalue weighted by Crippen LogP contribution is 2.30. The number of nitrogens with zero attached hydrogens (tertiary/aromatic N) is 5. The van der Waals surface area contributed by atoms with Gasteiger partial charge in [-0.2, -0.15) is 4.98 Å². The lowest BCUT2D eigenvalue weighted by Gasteiger charge is -2.31. The van der Waals surface area contributed by atoms with Crippen LogP contribution < -0.4 is 19.7 Å². The zero-order valence-electron chi connectivity index (χ0n) is 16.2. The first-order chi connectivity index (χ1) is 14.1. The van der Waals surface area contributed by atoms with Crippen molar-refractivity contribution in [1.29, 1.82) is 0 Å². The standard InChI is InChI=1S/C19H22N6O4/c1-28-14-5-6-15(22-18(14)29-2)21-13-10-16(23-25-9-7-20-17(13)25)24-8-3-4-12(11-24)19(26)27/h5-7,9-10,12H,3-4,8,11H2,1-2H3,(H,21,22)(H,26,27). The first-order valence-electron chi connectivity index (χ1n) is 9.27. The van der Waals surface area contributed by atoms with Gasteiger partial charge in [0.15, 0.2) is 17.2 Å². The number of carbonyl (C=O) groups is 1. The van der Waals surface area contributed by atoms with Crippen LogP contribution in [0, 0.1) is 5.92 Å². The number of aromatic nitrogens is 4. The molecule has 0 aliphatic carbocycles. The number of imidazole rings is 1. The van der Waals surface area contributed by atoms with Crippen molar-refractivity contribution in [2.45, 2.75) is 12.8 Å². The van der Waals surface area contributed by atoms with Crippen molar-refractivity contribution in [1.82, 2.24) is 19.6 Å². The first-order valence-corrected chi connectivity index (χ1v) is 9.27. The predicted molar refractivity (Wildman–Crippen MR) is 106 cm³/mol. The Morgan fingerprint density at radius 3 is 2.93 bits per heavy atom. The maximum atomic E-state index is 11.4. The third-order valence-corrected chi connectivity index (χ3v) is 4.94. The van der Waals surface area contributed by atoms with Crippen LogP contribution in [0.2, 0.25) is 0 Å². The summed E-state index contributed by atoms with van der Waals surface area (Å²) in [6.45, 7) is 1.18. The third-order valence-electron chi connectivity index (χ3n) is 4.94. The summed E-state index contributed by atoms with van der Waals surface area (Å²) in [6, 6.07) is 5.41. The van der Waals surface area contributed by atoms with Crippen LogP contribution in [0.3, 0.4) is 0 Å². The minimum absolute atomic E-state index is 0.367. The molecule has 10 nitrogen and oxygen atoms in total. The molecular weight excluding hydrogens is 376 g/mol. The molecule has 1 saturated heterocycles. The minimum Gasteiger partial charge on any atom is -0.491 e. The molecule has 152 valence electrons. The fourth-order valence-electron chi connectivity index (χ4n) is 3.47. The van der Waals surface area contributed by atoms with E-state index in [4.69, 9.17) is 9.47 Å². The summed E-state index contributed by atoms with van der Waals surface area (Å²) < 4.78 is 12.2. The van der Waals surface area contributed by atoms with Crippen LogP contribution in [0.4, 0.5) is 17.3 Å². The van der Waals surface area contributed by atoms with Crippen LogP contribution in [0.25, 0.3) is 5.65 Å². The fourth-order valence-corrected chi connectivity index (χ4v) is 3.47. The number of pyridine rings is 1. The number of nitrogens with one attached hydrogen (secondary N) is 1. The summed E-state index contributed by atoms with van der Waals surface area (Å²) in [4.78, 5) is 22.2. The number of hydrogen-bond donors (Lipinski definition) is 2. The molecule has 1 aliphatic heterocycles. The second-order valence-corrected chi connectivity index (χ2v) is 6.77. The van der Waals surface area contributed by atoms with Gasteiger partial charge < -0.3 is 24.8 Å². The van der Waals surface area contributed by atoms with E-state index in [2.05, 4.69) is 20.4 Å². The molecule has 0 spiro atoms. The van der Waals surface area contributed by atoms with Crippen molar-refractivity contribution in [3.05, 3.63) is 30.6 Å². The highest BCUT2D eigenvalue weighted by Gasteiger charge is 2.27. The number of carboxylic acid groups (broad SMARTS) is 1. The molecule has 2 N–H and O–H groups in total. The molecule has 0 amide bonds. The van der Waals surface area contributed by atoms with Crippen molar-refractivity contribution in [2.24, 2.45) is 5.92 Å². The Balaban J connectivity index is 1.68. The Kier molecular flexibility index (Phi) is 5.07. The molecule has 4 heterocycles. The molecule has 3 aromatic rings. The lowest BCUT2D eigenvalue weighted by molar-refractivity contribution is -0.141. The summed E-state index contributed by atoms with van der Waals surface area (Å²) >= 11 is 0. The molecule has 0 aromatic carbocycles. The smallest absolute Gasteiger partial charge is 0.308 e. The third kappa shape index (κ3) is 3.73. The van der Waals surface area contributed by atoms with Crippen LogP contribution >= 0.6 is 0 Å². The number of carboxylic acids is 1. The minimum atomic E-state index is -0.772. The lowest BCUT2D eigenvalue weighted by atomic mass is 9.98. The summed E-state index contributed by atoms with van der Waals surface area (Å²) in [6.07, 6.45) is 4.90. The quantitative estimate of drug-likeness (QED) is 0.645. The van der Waals surface area contributed by atoms with Gasteiger partial charge in [0.1, 0.15) is 5.82 Å². The molecule has 29 heavy (non-hydrogen) atoms. The van der Waals surface area contributed by atoms with Crippen LogP contribution in [-0.4, -0.2) is 58.0 Å². The van der Waals surface area contributed by atoms with Gasteiger partial charge in [-0.1, -0.05) is 0 Å². The maximum Gasteiger partial charge on any atom is 0.308 e. The fraction of sp³-hybridized carbons (Fsp3) is 0.368. The second-order valence-electron chi connectivity index (χ2n) is 6.77. The Hall–Kier alpha value is -3.56. The molecule has 0 saturated carbocycles. The van der Waals surface area contributed by atoms with E-state index in [1.54, 1.807) is 36.2 Å². The predicted octanol–water partition coefficient (Wildman–Crippen LogP) is 2.19. The topological polar surface area (TPSA) is 114 Å². The van der Waals surface area contributed by atoms with Gasteiger partial charge in [-0.3, -0.25) is 4.79 Å². The highest BCUT2D eigenvalue weighted by atomic mass is 16.5. The van der Waals surface area contributed by atoms with Gasteiger partial charge in [0.25, 0.3) is 5.88 Å². The number of piperidine rings is 1. The van der Waals surface area contributed by atoms with Gasteiger partial charge in [0, 0.05) is 31.5 Å². The molecule has 1 fully saturated rings. The van der Waals surface area contributed by atoms with Gasteiger partial charge in [-0.15, -0.1) is 5.10 Å². The molecule has 10 heteroatoms. The van der Waals surface area contributed by atoms with Gasteiger partial charge in [-0.05, 0) is 25.0 Å². The largest absolute Gasteiger partial charge is 0.491 e. The molecular formula is C19H22N6O4. The molecule has 1 unspecified atom stereocenters. The highest BCUT2D eigenvalue weighted by molar-refractivity contribution is 5.76. The first kappa shape index (κ1) is 18.8. The number of aliphatic carboxylic acids is 1. The zero-order valence-corrected chi connectivity index (χ0v) is 16.2. The van der Waals surface area contributed by atoms with Crippen molar-refractivity contribution >= 4 is 28.9 Å². The van der Waals surface area contributed by atoms with Gasteiger partial charge in [0.05, 0.1) is 25.8 Å². The van der Waals surface area contributed by atoms with Crippen molar-refractivity contribution in [3.63, 3.8) is 0 Å². The number of methoxy groups -OCH3 is 2. The van der Waals surface area contributed by atoms with E-state index in [-0.39, 0.29) is 0 Å². The van der Waals surface area contributed by atoms with Crippen molar-refractivity contribution < 1.29 is 19.4 Å². The van der Waals surface area contributed by atoms with Crippen LogP contribution in [0.5, 0.6) is 11.6 Å². The molecule has 3 aromatic heterocycles. The normalized spacial score (nSPS) is 16.6. The van der Waals surface area contributed by atoms with E-state index in [1.807, 2.05) is 11.0 Å². The molecule has 1 aliphatic rings. The van der Waals surface area contributed by atoms with E-state index >= 15 is 0 Å². The molecule has 0 radical (unpaired) electrons. The number of hydrogen-bond acceptors (Lipinski definition) is 8. The van der Waals surface area contributed by atoms with Crippen LogP contribution in [-0.2, 0) is 4.79 Å². The van der Waals surface area contributed by atoms with E-state index in [9.17, 15) is 9.90 Å². The second kappa shape index (κ2) is 7.82. The Labute approximate surface area is 167 Å². The summed E-state index contributed by atoms with van der Waals surface area (Å²) in [5, 5.41) is 17.2. The average Bonchev–Trinajstić information content (AvgIpc) is 3.22. The van der Waals surface area contributed by atoms with Gasteiger partial charge in [-0.25, -0.2) is 9.50 Å². The zero-order chi connectivity index (χ0) is 20.4. The van der Waals surface area contributed by atoms with Crippen molar-refractivity contribution in [3.8, 4) is 11.6 Å². The SMILES string of the molecule is COc1ccc(Nc2cc(N3CCCC(C(=O)O)C3)nn3ccnc23)nc1OC. The van der Waals surface area contributed by atoms with Crippen LogP contribution in [0.1, 0.15) is 12.8 Å². The van der Waals surface area contributed by atoms with Gasteiger partial charge >= 0.3 is 5.97 Å².